The summed E-state index contributed by atoms with van der Waals surface area (Å²) in [6, 6.07) is 3.52. The number of hydrogen-bond donors (Lipinski definition) is 0. The number of pyridine rings is 1. The van der Waals surface area contributed by atoms with Crippen LogP contribution in [-0.2, 0) is 4.74 Å². The van der Waals surface area contributed by atoms with Crippen LogP contribution in [0.2, 0.25) is 0 Å². The van der Waals surface area contributed by atoms with Gasteiger partial charge in [-0.25, -0.2) is 0 Å². The van der Waals surface area contributed by atoms with Crippen molar-refractivity contribution in [3.8, 4) is 0 Å². The quantitative estimate of drug-likeness (QED) is 0.563. The number of allylic oxidation sites excluding steroid dienone is 1. The summed E-state index contributed by atoms with van der Waals surface area (Å²) in [5, 5.41) is 0. The van der Waals surface area contributed by atoms with E-state index in [4.69, 9.17) is 4.74 Å². The monoisotopic (exact) mass is 218 g/mol. The molecule has 0 radical (unpaired) electrons. The molecule has 0 bridgehead atoms. The molecular formula is C12H14N2O2. The number of ketones is 1. The molecule has 0 saturated carbocycles. The molecule has 4 nitrogen and oxygen atoms in total. The first-order chi connectivity index (χ1) is 7.86. The average molecular weight is 218 g/mol. The van der Waals surface area contributed by atoms with Gasteiger partial charge in [-0.05, 0) is 12.1 Å². The van der Waals surface area contributed by atoms with Crippen molar-refractivity contribution in [2.75, 3.05) is 26.3 Å². The Morgan fingerprint density at radius 3 is 2.94 bits per heavy atom. The first-order valence-electron chi connectivity index (χ1n) is 5.30. The highest BCUT2D eigenvalue weighted by atomic mass is 16.5. The molecule has 0 atom stereocenters. The molecule has 0 unspecified atom stereocenters. The molecule has 1 saturated heterocycles. The third-order valence-electron chi connectivity index (χ3n) is 2.43. The molecule has 0 amide bonds. The van der Waals surface area contributed by atoms with Crippen LogP contribution in [0.15, 0.2) is 36.8 Å². The summed E-state index contributed by atoms with van der Waals surface area (Å²) in [6.07, 6.45) is 6.65. The number of rotatable bonds is 3. The predicted octanol–water partition coefficient (Wildman–Crippen LogP) is 1.11. The van der Waals surface area contributed by atoms with Crippen LogP contribution in [0, 0.1) is 0 Å². The molecule has 2 heterocycles. The molecule has 0 aliphatic carbocycles. The van der Waals surface area contributed by atoms with Crippen molar-refractivity contribution >= 4 is 5.78 Å². The standard InChI is InChI=1S/C12H14N2O2/c15-12(11-2-1-4-13-10-11)3-5-14-6-8-16-9-7-14/h1-5,10H,6-9H2/b5-3+. The highest BCUT2D eigenvalue weighted by molar-refractivity contribution is 6.04. The van der Waals surface area contributed by atoms with Crippen molar-refractivity contribution in [2.24, 2.45) is 0 Å². The third-order valence-corrected chi connectivity index (χ3v) is 2.43. The molecule has 1 aliphatic rings. The molecule has 0 N–H and O–H groups in total. The van der Waals surface area contributed by atoms with E-state index in [-0.39, 0.29) is 5.78 Å². The minimum atomic E-state index is -0.0143. The Morgan fingerprint density at radius 2 is 2.25 bits per heavy atom. The molecule has 0 spiro atoms. The van der Waals surface area contributed by atoms with Crippen LogP contribution in [0.1, 0.15) is 10.4 Å². The van der Waals surface area contributed by atoms with Crippen LogP contribution in [0.3, 0.4) is 0 Å². The van der Waals surface area contributed by atoms with Gasteiger partial charge in [-0.1, -0.05) is 0 Å². The average Bonchev–Trinajstić information content (AvgIpc) is 2.38. The number of carbonyl (C=O) groups excluding carboxylic acids is 1. The Balaban J connectivity index is 1.94. The van der Waals surface area contributed by atoms with Gasteiger partial charge in [-0.2, -0.15) is 0 Å². The van der Waals surface area contributed by atoms with Crippen molar-refractivity contribution in [3.63, 3.8) is 0 Å². The molecule has 4 heteroatoms. The van der Waals surface area contributed by atoms with E-state index in [2.05, 4.69) is 9.88 Å². The SMILES string of the molecule is O=C(/C=C/N1CCOCC1)c1cccnc1. The summed E-state index contributed by atoms with van der Waals surface area (Å²) in [7, 11) is 0. The fourth-order valence-corrected chi connectivity index (χ4v) is 1.50. The molecular weight excluding hydrogens is 204 g/mol. The zero-order chi connectivity index (χ0) is 11.2. The maximum absolute atomic E-state index is 11.7. The van der Waals surface area contributed by atoms with Gasteiger partial charge in [0.2, 0.25) is 0 Å². The molecule has 1 fully saturated rings. The number of aromatic nitrogens is 1. The molecule has 1 aromatic rings. The van der Waals surface area contributed by atoms with Crippen LogP contribution >= 0.6 is 0 Å². The number of morpholine rings is 1. The molecule has 84 valence electrons. The zero-order valence-electron chi connectivity index (χ0n) is 9.00. The number of ether oxygens (including phenoxy) is 1. The van der Waals surface area contributed by atoms with Gasteiger partial charge in [0.1, 0.15) is 0 Å². The Bertz CT molecular complexity index is 370. The number of carbonyl (C=O) groups is 1. The summed E-state index contributed by atoms with van der Waals surface area (Å²) in [5.74, 6) is -0.0143. The van der Waals surface area contributed by atoms with E-state index in [1.54, 1.807) is 30.6 Å². The topological polar surface area (TPSA) is 42.4 Å². The van der Waals surface area contributed by atoms with E-state index >= 15 is 0 Å². The molecule has 1 aliphatic heterocycles. The number of nitrogens with zero attached hydrogens (tertiary/aromatic N) is 2. The van der Waals surface area contributed by atoms with Gasteiger partial charge in [0.25, 0.3) is 0 Å². The first-order valence-corrected chi connectivity index (χ1v) is 5.30. The van der Waals surface area contributed by atoms with Crippen molar-refractivity contribution in [2.45, 2.75) is 0 Å². The van der Waals surface area contributed by atoms with E-state index in [9.17, 15) is 4.79 Å². The summed E-state index contributed by atoms with van der Waals surface area (Å²) in [4.78, 5) is 17.7. The highest BCUT2D eigenvalue weighted by Gasteiger charge is 2.06. The Hall–Kier alpha value is -1.68. The van der Waals surface area contributed by atoms with E-state index in [1.807, 2.05) is 6.20 Å². The van der Waals surface area contributed by atoms with E-state index in [0.29, 0.717) is 5.56 Å². The zero-order valence-corrected chi connectivity index (χ0v) is 9.00. The van der Waals surface area contributed by atoms with E-state index in [1.165, 1.54) is 0 Å². The second-order valence-corrected chi connectivity index (χ2v) is 3.57. The highest BCUT2D eigenvalue weighted by Crippen LogP contribution is 2.01. The van der Waals surface area contributed by atoms with Gasteiger partial charge < -0.3 is 9.64 Å². The molecule has 0 aromatic carbocycles. The Kier molecular flexibility index (Phi) is 3.66. The van der Waals surface area contributed by atoms with Crippen molar-refractivity contribution in [1.82, 2.24) is 9.88 Å². The lowest BCUT2D eigenvalue weighted by Crippen LogP contribution is -2.32. The second-order valence-electron chi connectivity index (χ2n) is 3.57. The van der Waals surface area contributed by atoms with Gasteiger partial charge in [0.15, 0.2) is 5.78 Å². The van der Waals surface area contributed by atoms with Crippen molar-refractivity contribution < 1.29 is 9.53 Å². The fourth-order valence-electron chi connectivity index (χ4n) is 1.50. The lowest BCUT2D eigenvalue weighted by Gasteiger charge is -2.24. The maximum atomic E-state index is 11.7. The minimum Gasteiger partial charge on any atom is -0.378 e. The molecule has 16 heavy (non-hydrogen) atoms. The fraction of sp³-hybridized carbons (Fsp3) is 0.333. The predicted molar refractivity (Wildman–Crippen MR) is 60.1 cm³/mol. The normalized spacial score (nSPS) is 16.6. The van der Waals surface area contributed by atoms with Gasteiger partial charge in [0, 0.05) is 43.3 Å². The van der Waals surface area contributed by atoms with Crippen LogP contribution in [0.25, 0.3) is 0 Å². The van der Waals surface area contributed by atoms with Gasteiger partial charge in [-0.15, -0.1) is 0 Å². The Labute approximate surface area is 94.5 Å². The van der Waals surface area contributed by atoms with E-state index in [0.717, 1.165) is 26.3 Å². The minimum absolute atomic E-state index is 0.0143. The lowest BCUT2D eigenvalue weighted by molar-refractivity contribution is 0.0591. The van der Waals surface area contributed by atoms with Gasteiger partial charge in [-0.3, -0.25) is 9.78 Å². The maximum Gasteiger partial charge on any atom is 0.188 e. The lowest BCUT2D eigenvalue weighted by atomic mass is 10.2. The van der Waals surface area contributed by atoms with Crippen LogP contribution in [-0.4, -0.2) is 42.0 Å². The Morgan fingerprint density at radius 1 is 1.44 bits per heavy atom. The summed E-state index contributed by atoms with van der Waals surface area (Å²) < 4.78 is 5.22. The van der Waals surface area contributed by atoms with Crippen LogP contribution < -0.4 is 0 Å². The van der Waals surface area contributed by atoms with Gasteiger partial charge in [0.05, 0.1) is 13.2 Å². The van der Waals surface area contributed by atoms with Crippen LogP contribution in [0.4, 0.5) is 0 Å². The summed E-state index contributed by atoms with van der Waals surface area (Å²) in [5.41, 5.74) is 0.618. The molecule has 1 aromatic heterocycles. The third kappa shape index (κ3) is 2.90. The first kappa shape index (κ1) is 10.8. The van der Waals surface area contributed by atoms with Crippen LogP contribution in [0.5, 0.6) is 0 Å². The second kappa shape index (κ2) is 5.42. The van der Waals surface area contributed by atoms with E-state index < -0.39 is 0 Å². The van der Waals surface area contributed by atoms with Gasteiger partial charge >= 0.3 is 0 Å². The largest absolute Gasteiger partial charge is 0.378 e. The molecule has 2 rings (SSSR count). The number of hydrogen-bond acceptors (Lipinski definition) is 4. The summed E-state index contributed by atoms with van der Waals surface area (Å²) >= 11 is 0. The van der Waals surface area contributed by atoms with Crippen molar-refractivity contribution in [3.05, 3.63) is 42.4 Å². The van der Waals surface area contributed by atoms with Crippen molar-refractivity contribution in [1.29, 1.82) is 0 Å². The summed E-state index contributed by atoms with van der Waals surface area (Å²) in [6.45, 7) is 3.14. The smallest absolute Gasteiger partial charge is 0.188 e.